The summed E-state index contributed by atoms with van der Waals surface area (Å²) >= 11 is 0. The Balaban J connectivity index is 1.56. The molecule has 1 aliphatic heterocycles. The van der Waals surface area contributed by atoms with Gasteiger partial charge in [-0.1, -0.05) is 24.3 Å². The minimum absolute atomic E-state index is 0.0563. The van der Waals surface area contributed by atoms with Crippen molar-refractivity contribution < 1.29 is 14.4 Å². The summed E-state index contributed by atoms with van der Waals surface area (Å²) in [6.45, 7) is 1.97. The van der Waals surface area contributed by atoms with Crippen LogP contribution in [0.5, 0.6) is 0 Å². The molecule has 3 N–H and O–H groups in total. The lowest BCUT2D eigenvalue weighted by atomic mass is 9.93. The first-order chi connectivity index (χ1) is 13.0. The number of carbonyl (C=O) groups is 3. The highest BCUT2D eigenvalue weighted by molar-refractivity contribution is 6.08. The number of imide groups is 1. The zero-order valence-electron chi connectivity index (χ0n) is 14.9. The maximum atomic E-state index is 12.9. The van der Waals surface area contributed by atoms with Crippen LogP contribution in [0.1, 0.15) is 28.9 Å². The Bertz CT molecular complexity index is 921. The van der Waals surface area contributed by atoms with Gasteiger partial charge in [0.25, 0.3) is 11.8 Å². The summed E-state index contributed by atoms with van der Waals surface area (Å²) in [5.74, 6) is -0.604. The van der Waals surface area contributed by atoms with Crippen LogP contribution in [0.15, 0.2) is 42.6 Å². The Kier molecular flexibility index (Phi) is 4.14. The van der Waals surface area contributed by atoms with E-state index < -0.39 is 11.6 Å². The van der Waals surface area contributed by atoms with Gasteiger partial charge in [-0.05, 0) is 43.4 Å². The van der Waals surface area contributed by atoms with E-state index in [2.05, 4.69) is 20.9 Å². The molecule has 138 valence electrons. The summed E-state index contributed by atoms with van der Waals surface area (Å²) in [4.78, 5) is 41.1. The van der Waals surface area contributed by atoms with E-state index in [-0.39, 0.29) is 24.3 Å². The quantitative estimate of drug-likeness (QED) is 0.704. The highest BCUT2D eigenvalue weighted by Gasteiger charge is 2.56. The van der Waals surface area contributed by atoms with Crippen LogP contribution in [-0.2, 0) is 4.79 Å². The number of benzene rings is 1. The van der Waals surface area contributed by atoms with Crippen LogP contribution >= 0.6 is 0 Å². The lowest BCUT2D eigenvalue weighted by Crippen LogP contribution is -2.57. The van der Waals surface area contributed by atoms with Gasteiger partial charge in [0, 0.05) is 23.0 Å². The fourth-order valence-electron chi connectivity index (χ4n) is 3.51. The van der Waals surface area contributed by atoms with Crippen LogP contribution in [0, 0.1) is 12.8 Å². The molecule has 0 bridgehead atoms. The van der Waals surface area contributed by atoms with Crippen molar-refractivity contribution >= 4 is 17.8 Å². The lowest BCUT2D eigenvalue weighted by molar-refractivity contribution is -0.124. The minimum atomic E-state index is -1.05. The molecule has 0 radical (unpaired) electrons. The van der Waals surface area contributed by atoms with Gasteiger partial charge in [0.2, 0.25) is 0 Å². The highest BCUT2D eigenvalue weighted by atomic mass is 16.2. The summed E-state index contributed by atoms with van der Waals surface area (Å²) in [7, 11) is 0. The molecule has 1 aliphatic carbocycles. The molecular formula is C20H20N4O3. The first-order valence-electron chi connectivity index (χ1n) is 8.93. The van der Waals surface area contributed by atoms with Crippen molar-refractivity contribution in [2.75, 3.05) is 6.54 Å². The first-order valence-corrected chi connectivity index (χ1v) is 8.93. The van der Waals surface area contributed by atoms with Gasteiger partial charge < -0.3 is 10.6 Å². The number of carbonyl (C=O) groups excluding carboxylic acids is 3. The van der Waals surface area contributed by atoms with Gasteiger partial charge in [-0.15, -0.1) is 0 Å². The predicted octanol–water partition coefficient (Wildman–Crippen LogP) is 1.78. The van der Waals surface area contributed by atoms with E-state index in [1.807, 2.05) is 31.2 Å². The molecule has 1 aromatic carbocycles. The Hall–Kier alpha value is -3.22. The molecule has 2 fully saturated rings. The molecule has 4 amide bonds. The lowest BCUT2D eigenvalue weighted by Gasteiger charge is -2.26. The molecule has 2 aromatic rings. The Morgan fingerprint density at radius 3 is 2.63 bits per heavy atom. The molecule has 1 atom stereocenters. The summed E-state index contributed by atoms with van der Waals surface area (Å²) in [6.07, 6.45) is 3.45. The number of aromatic nitrogens is 1. The van der Waals surface area contributed by atoms with E-state index in [1.54, 1.807) is 18.3 Å². The third-order valence-electron chi connectivity index (χ3n) is 5.16. The molecule has 4 rings (SSSR count). The number of aryl methyl sites for hydroxylation is 1. The van der Waals surface area contributed by atoms with Crippen molar-refractivity contribution in [3.05, 3.63) is 53.9 Å². The highest BCUT2D eigenvalue weighted by Crippen LogP contribution is 2.41. The molecule has 27 heavy (non-hydrogen) atoms. The van der Waals surface area contributed by atoms with Crippen molar-refractivity contribution in [1.29, 1.82) is 0 Å². The smallest absolute Gasteiger partial charge is 0.322 e. The number of amides is 4. The molecule has 2 aliphatic rings. The fourth-order valence-corrected chi connectivity index (χ4v) is 3.51. The predicted molar refractivity (Wildman–Crippen MR) is 98.9 cm³/mol. The van der Waals surface area contributed by atoms with E-state index >= 15 is 0 Å². The molecule has 0 spiro atoms. The number of hydrogen-bond donors (Lipinski definition) is 3. The van der Waals surface area contributed by atoms with Gasteiger partial charge in [0.1, 0.15) is 5.54 Å². The molecule has 0 unspecified atom stereocenters. The molecule has 1 saturated carbocycles. The Morgan fingerprint density at radius 1 is 1.22 bits per heavy atom. The molecule has 7 nitrogen and oxygen atoms in total. The summed E-state index contributed by atoms with van der Waals surface area (Å²) < 4.78 is 0. The normalized spacial score (nSPS) is 21.5. The fraction of sp³-hybridized carbons (Fsp3) is 0.300. The van der Waals surface area contributed by atoms with Crippen LogP contribution in [0.25, 0.3) is 11.1 Å². The number of rotatable bonds is 5. The Labute approximate surface area is 156 Å². The zero-order chi connectivity index (χ0) is 19.0. The number of nitrogens with one attached hydrogen (secondary N) is 3. The second-order valence-corrected chi connectivity index (χ2v) is 7.07. The second kappa shape index (κ2) is 6.50. The van der Waals surface area contributed by atoms with Crippen LogP contribution in [0.2, 0.25) is 0 Å². The standard InChI is InChI=1S/C20H20N4O3/c1-12-6-7-13(10-21-12)15-4-2-3-5-16(15)17(25)22-11-20(14-8-9-14)18(26)23-19(27)24-20/h2-7,10,14H,8-9,11H2,1H3,(H,22,25)(H2,23,24,26,27)/t20-/m0/s1. The number of nitrogens with zero attached hydrogens (tertiary/aromatic N) is 1. The van der Waals surface area contributed by atoms with Crippen LogP contribution in [0.4, 0.5) is 4.79 Å². The summed E-state index contributed by atoms with van der Waals surface area (Å²) in [5.41, 5.74) is 1.96. The largest absolute Gasteiger partial charge is 0.349 e. The summed E-state index contributed by atoms with van der Waals surface area (Å²) in [6, 6.07) is 10.6. The first kappa shape index (κ1) is 17.2. The topological polar surface area (TPSA) is 100 Å². The molecule has 1 aromatic heterocycles. The third kappa shape index (κ3) is 3.16. The van der Waals surface area contributed by atoms with E-state index in [1.165, 1.54) is 0 Å². The average Bonchev–Trinajstić information content (AvgIpc) is 3.47. The number of hydrogen-bond acceptors (Lipinski definition) is 4. The zero-order valence-corrected chi connectivity index (χ0v) is 14.9. The van der Waals surface area contributed by atoms with Crippen molar-refractivity contribution in [3.63, 3.8) is 0 Å². The maximum absolute atomic E-state index is 12.9. The van der Waals surface area contributed by atoms with E-state index in [9.17, 15) is 14.4 Å². The van der Waals surface area contributed by atoms with Gasteiger partial charge in [0.05, 0.1) is 6.54 Å². The van der Waals surface area contributed by atoms with Gasteiger partial charge in [-0.25, -0.2) is 4.79 Å². The van der Waals surface area contributed by atoms with Crippen molar-refractivity contribution in [2.45, 2.75) is 25.3 Å². The second-order valence-electron chi connectivity index (χ2n) is 7.07. The van der Waals surface area contributed by atoms with E-state index in [0.29, 0.717) is 5.56 Å². The molecule has 2 heterocycles. The number of pyridine rings is 1. The average molecular weight is 364 g/mol. The third-order valence-corrected chi connectivity index (χ3v) is 5.16. The van der Waals surface area contributed by atoms with Gasteiger partial charge >= 0.3 is 6.03 Å². The maximum Gasteiger partial charge on any atom is 0.322 e. The van der Waals surface area contributed by atoms with Crippen LogP contribution in [-0.4, -0.2) is 34.9 Å². The summed E-state index contributed by atoms with van der Waals surface area (Å²) in [5, 5.41) is 7.84. The van der Waals surface area contributed by atoms with Gasteiger partial charge in [0.15, 0.2) is 0 Å². The Morgan fingerprint density at radius 2 is 2.00 bits per heavy atom. The van der Waals surface area contributed by atoms with E-state index in [0.717, 1.165) is 29.7 Å². The van der Waals surface area contributed by atoms with Crippen molar-refractivity contribution in [3.8, 4) is 11.1 Å². The monoisotopic (exact) mass is 364 g/mol. The minimum Gasteiger partial charge on any atom is -0.349 e. The van der Waals surface area contributed by atoms with Crippen LogP contribution in [0.3, 0.4) is 0 Å². The SMILES string of the molecule is Cc1ccc(-c2ccccc2C(=O)NC[C@@]2(C3CC3)NC(=O)NC2=O)cn1. The molecule has 7 heteroatoms. The molecular weight excluding hydrogens is 344 g/mol. The van der Waals surface area contributed by atoms with Crippen molar-refractivity contribution in [1.82, 2.24) is 20.9 Å². The molecule has 1 saturated heterocycles. The number of urea groups is 1. The van der Waals surface area contributed by atoms with E-state index in [4.69, 9.17) is 0 Å². The van der Waals surface area contributed by atoms with Crippen LogP contribution < -0.4 is 16.0 Å². The van der Waals surface area contributed by atoms with Gasteiger partial charge in [-0.3, -0.25) is 19.9 Å². The van der Waals surface area contributed by atoms with Gasteiger partial charge in [-0.2, -0.15) is 0 Å². The van der Waals surface area contributed by atoms with Crippen molar-refractivity contribution in [2.24, 2.45) is 5.92 Å².